The summed E-state index contributed by atoms with van der Waals surface area (Å²) in [5, 5.41) is 0. The molecule has 2 unspecified atom stereocenters. The van der Waals surface area contributed by atoms with Gasteiger partial charge in [0, 0.05) is 31.4 Å². The molecule has 6 heteroatoms. The van der Waals surface area contributed by atoms with Gasteiger partial charge in [-0.05, 0) is 57.7 Å². The van der Waals surface area contributed by atoms with Crippen LogP contribution in [0.5, 0.6) is 0 Å². The average Bonchev–Trinajstić information content (AvgIpc) is 3.15. The molecule has 1 amide bonds. The molecule has 0 saturated carbocycles. The molecule has 2 fully saturated rings. The monoisotopic (exact) mass is 373 g/mol. The molecule has 2 heterocycles. The van der Waals surface area contributed by atoms with Crippen LogP contribution in [0.25, 0.3) is 0 Å². The van der Waals surface area contributed by atoms with Gasteiger partial charge in [-0.15, -0.1) is 24.8 Å². The summed E-state index contributed by atoms with van der Waals surface area (Å²) >= 11 is 0. The first-order valence-corrected chi connectivity index (χ1v) is 8.46. The first kappa shape index (κ1) is 21.1. The van der Waals surface area contributed by atoms with Crippen LogP contribution in [0.4, 0.5) is 5.69 Å². The van der Waals surface area contributed by atoms with Gasteiger partial charge in [0.05, 0.1) is 5.56 Å². The van der Waals surface area contributed by atoms with Crippen LogP contribution in [0.3, 0.4) is 0 Å². The van der Waals surface area contributed by atoms with Crippen molar-refractivity contribution in [2.45, 2.75) is 39.2 Å². The SMILES string of the molecule is Cc1ccc(N2CCCC2)c(C(=O)N2CC(CN)CC2C)c1.Cl.Cl. The minimum absolute atomic E-state index is 0. The van der Waals surface area contributed by atoms with Gasteiger partial charge in [-0.25, -0.2) is 0 Å². The average molecular weight is 374 g/mol. The quantitative estimate of drug-likeness (QED) is 0.884. The Balaban J connectivity index is 0.00000144. The molecule has 2 N–H and O–H groups in total. The number of hydrogen-bond donors (Lipinski definition) is 1. The molecule has 1 aromatic rings. The predicted octanol–water partition coefficient (Wildman–Crippen LogP) is 3.25. The Kier molecular flexibility index (Phi) is 7.84. The van der Waals surface area contributed by atoms with Crippen LogP contribution in [-0.2, 0) is 0 Å². The van der Waals surface area contributed by atoms with Crippen molar-refractivity contribution in [2.24, 2.45) is 11.7 Å². The summed E-state index contributed by atoms with van der Waals surface area (Å²) in [6.45, 7) is 7.78. The molecular formula is C18H29Cl2N3O. The van der Waals surface area contributed by atoms with Crippen LogP contribution in [0, 0.1) is 12.8 Å². The first-order chi connectivity index (χ1) is 10.6. The van der Waals surface area contributed by atoms with Crippen LogP contribution in [-0.4, -0.2) is 43.0 Å². The third kappa shape index (κ3) is 4.16. The molecule has 24 heavy (non-hydrogen) atoms. The molecule has 1 aromatic carbocycles. The summed E-state index contributed by atoms with van der Waals surface area (Å²) in [6.07, 6.45) is 3.46. The number of amides is 1. The smallest absolute Gasteiger partial charge is 0.256 e. The molecule has 2 saturated heterocycles. The molecule has 136 valence electrons. The summed E-state index contributed by atoms with van der Waals surface area (Å²) in [5.41, 5.74) is 8.93. The van der Waals surface area contributed by atoms with Gasteiger partial charge < -0.3 is 15.5 Å². The van der Waals surface area contributed by atoms with E-state index in [1.165, 1.54) is 12.8 Å². The first-order valence-electron chi connectivity index (χ1n) is 8.46. The maximum Gasteiger partial charge on any atom is 0.256 e. The number of likely N-dealkylation sites (tertiary alicyclic amines) is 1. The maximum absolute atomic E-state index is 13.1. The van der Waals surface area contributed by atoms with Crippen molar-refractivity contribution >= 4 is 36.4 Å². The Labute approximate surface area is 157 Å². The predicted molar refractivity (Wildman–Crippen MR) is 105 cm³/mol. The van der Waals surface area contributed by atoms with E-state index in [0.29, 0.717) is 12.5 Å². The highest BCUT2D eigenvalue weighted by molar-refractivity contribution is 6.00. The van der Waals surface area contributed by atoms with Gasteiger partial charge in [-0.2, -0.15) is 0 Å². The molecule has 3 rings (SSSR count). The van der Waals surface area contributed by atoms with E-state index in [0.717, 1.165) is 42.9 Å². The van der Waals surface area contributed by atoms with E-state index in [4.69, 9.17) is 5.73 Å². The lowest BCUT2D eigenvalue weighted by Crippen LogP contribution is -2.35. The Morgan fingerprint density at radius 2 is 1.92 bits per heavy atom. The van der Waals surface area contributed by atoms with Gasteiger partial charge in [0.15, 0.2) is 0 Å². The van der Waals surface area contributed by atoms with Gasteiger partial charge in [-0.3, -0.25) is 4.79 Å². The number of halogens is 2. The second kappa shape index (κ2) is 8.93. The number of carbonyl (C=O) groups is 1. The third-order valence-corrected chi connectivity index (χ3v) is 5.08. The molecular weight excluding hydrogens is 345 g/mol. The summed E-state index contributed by atoms with van der Waals surface area (Å²) < 4.78 is 0. The van der Waals surface area contributed by atoms with Gasteiger partial charge in [0.25, 0.3) is 5.91 Å². The van der Waals surface area contributed by atoms with Crippen molar-refractivity contribution in [3.05, 3.63) is 29.3 Å². The highest BCUT2D eigenvalue weighted by atomic mass is 35.5. The molecule has 0 aliphatic carbocycles. The molecule has 0 bridgehead atoms. The van der Waals surface area contributed by atoms with Crippen molar-refractivity contribution in [1.82, 2.24) is 4.90 Å². The summed E-state index contributed by atoms with van der Waals surface area (Å²) in [5.74, 6) is 0.619. The van der Waals surface area contributed by atoms with Crippen LogP contribution < -0.4 is 10.6 Å². The molecule has 0 aromatic heterocycles. The van der Waals surface area contributed by atoms with Gasteiger partial charge in [-0.1, -0.05) is 11.6 Å². The van der Waals surface area contributed by atoms with Gasteiger partial charge in [0.1, 0.15) is 0 Å². The number of carbonyl (C=O) groups excluding carboxylic acids is 1. The highest BCUT2D eigenvalue weighted by Gasteiger charge is 2.33. The molecule has 0 spiro atoms. The van der Waals surface area contributed by atoms with E-state index in [-0.39, 0.29) is 36.8 Å². The summed E-state index contributed by atoms with van der Waals surface area (Å²) in [6, 6.07) is 6.57. The Hall–Kier alpha value is -0.970. The zero-order valence-corrected chi connectivity index (χ0v) is 16.2. The lowest BCUT2D eigenvalue weighted by atomic mass is 10.1. The number of aryl methyl sites for hydroxylation is 1. The molecule has 2 aliphatic rings. The fourth-order valence-electron chi connectivity index (χ4n) is 3.81. The number of nitrogens with two attached hydrogens (primary N) is 1. The number of hydrogen-bond acceptors (Lipinski definition) is 3. The highest BCUT2D eigenvalue weighted by Crippen LogP contribution is 2.30. The largest absolute Gasteiger partial charge is 0.371 e. The second-order valence-corrected chi connectivity index (χ2v) is 6.86. The van der Waals surface area contributed by atoms with E-state index in [2.05, 4.69) is 36.9 Å². The van der Waals surface area contributed by atoms with Crippen molar-refractivity contribution < 1.29 is 4.79 Å². The normalized spacial score (nSPS) is 23.0. The maximum atomic E-state index is 13.1. The minimum atomic E-state index is 0. The molecule has 2 aliphatic heterocycles. The van der Waals surface area contributed by atoms with Crippen molar-refractivity contribution in [3.8, 4) is 0 Å². The molecule has 2 atom stereocenters. The van der Waals surface area contributed by atoms with Crippen LogP contribution in [0.15, 0.2) is 18.2 Å². The number of anilines is 1. The van der Waals surface area contributed by atoms with E-state index in [9.17, 15) is 4.79 Å². The third-order valence-electron chi connectivity index (χ3n) is 5.08. The van der Waals surface area contributed by atoms with Crippen LogP contribution in [0.2, 0.25) is 0 Å². The summed E-state index contributed by atoms with van der Waals surface area (Å²) in [4.78, 5) is 17.5. The topological polar surface area (TPSA) is 49.6 Å². The van der Waals surface area contributed by atoms with E-state index >= 15 is 0 Å². The van der Waals surface area contributed by atoms with Crippen molar-refractivity contribution in [1.29, 1.82) is 0 Å². The van der Waals surface area contributed by atoms with Crippen LogP contribution in [0.1, 0.15) is 42.1 Å². The Bertz CT molecular complexity index is 561. The second-order valence-electron chi connectivity index (χ2n) is 6.86. The number of benzene rings is 1. The minimum Gasteiger partial charge on any atom is -0.371 e. The van der Waals surface area contributed by atoms with Gasteiger partial charge >= 0.3 is 0 Å². The summed E-state index contributed by atoms with van der Waals surface area (Å²) in [7, 11) is 0. The van der Waals surface area contributed by atoms with E-state index in [1.807, 2.05) is 4.90 Å². The fraction of sp³-hybridized carbons (Fsp3) is 0.611. The van der Waals surface area contributed by atoms with Crippen molar-refractivity contribution in [3.63, 3.8) is 0 Å². The number of rotatable bonds is 3. The lowest BCUT2D eigenvalue weighted by molar-refractivity contribution is 0.0744. The Morgan fingerprint density at radius 3 is 2.50 bits per heavy atom. The fourth-order valence-corrected chi connectivity index (χ4v) is 3.81. The Morgan fingerprint density at radius 1 is 1.25 bits per heavy atom. The van der Waals surface area contributed by atoms with E-state index in [1.54, 1.807) is 0 Å². The van der Waals surface area contributed by atoms with Crippen LogP contribution >= 0.6 is 24.8 Å². The lowest BCUT2D eigenvalue weighted by Gasteiger charge is -2.26. The standard InChI is InChI=1S/C18H27N3O.2ClH/c1-13-5-6-17(20-7-3-4-8-20)16(9-13)18(22)21-12-15(11-19)10-14(21)2;;/h5-6,9,14-15H,3-4,7-8,10-12,19H2,1-2H3;2*1H. The van der Waals surface area contributed by atoms with Crippen molar-refractivity contribution in [2.75, 3.05) is 31.1 Å². The zero-order chi connectivity index (χ0) is 15.7. The van der Waals surface area contributed by atoms with Gasteiger partial charge in [0.2, 0.25) is 0 Å². The zero-order valence-electron chi connectivity index (χ0n) is 14.5. The number of nitrogens with zero attached hydrogens (tertiary/aromatic N) is 2. The van der Waals surface area contributed by atoms with E-state index < -0.39 is 0 Å². The molecule has 4 nitrogen and oxygen atoms in total. The molecule has 0 radical (unpaired) electrons.